The summed E-state index contributed by atoms with van der Waals surface area (Å²) in [5.74, 6) is 1.96. The molecule has 35 heavy (non-hydrogen) atoms. The molecule has 0 heterocycles. The maximum atomic E-state index is 12.6. The van der Waals surface area contributed by atoms with Crippen molar-refractivity contribution >= 4 is 5.97 Å². The summed E-state index contributed by atoms with van der Waals surface area (Å²) in [7, 11) is 0. The Balaban J connectivity index is 1.39. The van der Waals surface area contributed by atoms with Gasteiger partial charge in [0.25, 0.3) is 0 Å². The summed E-state index contributed by atoms with van der Waals surface area (Å²) in [5, 5.41) is 0. The number of esters is 1. The Kier molecular flexibility index (Phi) is 12.4. The second-order valence-electron chi connectivity index (χ2n) is 10.7. The SMILES string of the molecule is CCCCCCCCc1ccc(C(=O)Oc2ccc(C3CCC(CCCCCC)CC3)cc2)cc1. The smallest absolute Gasteiger partial charge is 0.343 e. The maximum Gasteiger partial charge on any atom is 0.343 e. The molecule has 1 aliphatic rings. The van der Waals surface area contributed by atoms with Gasteiger partial charge in [0.15, 0.2) is 0 Å². The summed E-state index contributed by atoms with van der Waals surface area (Å²) >= 11 is 0. The Morgan fingerprint density at radius 1 is 0.714 bits per heavy atom. The first-order valence-electron chi connectivity index (χ1n) is 14.6. The minimum Gasteiger partial charge on any atom is -0.423 e. The highest BCUT2D eigenvalue weighted by Gasteiger charge is 2.22. The van der Waals surface area contributed by atoms with E-state index in [-0.39, 0.29) is 5.97 Å². The number of unbranched alkanes of at least 4 members (excludes halogenated alkanes) is 8. The fourth-order valence-corrected chi connectivity index (χ4v) is 5.54. The highest BCUT2D eigenvalue weighted by Crippen LogP contribution is 2.38. The molecule has 0 aliphatic heterocycles. The minimum absolute atomic E-state index is 0.271. The molecule has 2 aromatic rings. The van der Waals surface area contributed by atoms with Crippen LogP contribution in [-0.2, 0) is 6.42 Å². The molecule has 0 atom stereocenters. The zero-order chi connectivity index (χ0) is 24.7. The van der Waals surface area contributed by atoms with Crippen LogP contribution in [0.5, 0.6) is 5.75 Å². The summed E-state index contributed by atoms with van der Waals surface area (Å²) in [6, 6.07) is 16.2. The molecule has 2 nitrogen and oxygen atoms in total. The summed E-state index contributed by atoms with van der Waals surface area (Å²) in [4.78, 5) is 12.6. The lowest BCUT2D eigenvalue weighted by Gasteiger charge is -2.29. The predicted octanol–water partition coefficient (Wildman–Crippen LogP) is 10.1. The first kappa shape index (κ1) is 27.5. The number of hydrogen-bond donors (Lipinski definition) is 0. The quantitative estimate of drug-likeness (QED) is 0.145. The van der Waals surface area contributed by atoms with Crippen molar-refractivity contribution in [2.75, 3.05) is 0 Å². The van der Waals surface area contributed by atoms with Crippen molar-refractivity contribution in [1.82, 2.24) is 0 Å². The van der Waals surface area contributed by atoms with Gasteiger partial charge in [0.1, 0.15) is 5.75 Å². The topological polar surface area (TPSA) is 26.3 Å². The lowest BCUT2D eigenvalue weighted by Crippen LogP contribution is -2.13. The van der Waals surface area contributed by atoms with Crippen molar-refractivity contribution in [2.45, 2.75) is 122 Å². The van der Waals surface area contributed by atoms with Crippen LogP contribution < -0.4 is 4.74 Å². The molecule has 0 aromatic heterocycles. The molecule has 0 radical (unpaired) electrons. The van der Waals surface area contributed by atoms with Gasteiger partial charge in [0.05, 0.1) is 5.56 Å². The largest absolute Gasteiger partial charge is 0.423 e. The Morgan fingerprint density at radius 2 is 1.31 bits per heavy atom. The molecule has 0 unspecified atom stereocenters. The molecule has 0 spiro atoms. The summed E-state index contributed by atoms with van der Waals surface area (Å²) in [6.45, 7) is 4.54. The van der Waals surface area contributed by atoms with Gasteiger partial charge in [-0.25, -0.2) is 4.79 Å². The van der Waals surface area contributed by atoms with E-state index >= 15 is 0 Å². The molecule has 2 aromatic carbocycles. The number of carbonyl (C=O) groups excluding carboxylic acids is 1. The number of carbonyl (C=O) groups is 1. The number of aryl methyl sites for hydroxylation is 1. The molecular formula is C33H48O2. The number of rotatable bonds is 15. The fourth-order valence-electron chi connectivity index (χ4n) is 5.54. The van der Waals surface area contributed by atoms with Crippen LogP contribution in [0.15, 0.2) is 48.5 Å². The Labute approximate surface area is 214 Å². The zero-order valence-electron chi connectivity index (χ0n) is 22.4. The molecule has 1 fully saturated rings. The van der Waals surface area contributed by atoms with Crippen molar-refractivity contribution in [1.29, 1.82) is 0 Å². The van der Waals surface area contributed by atoms with Crippen molar-refractivity contribution in [3.8, 4) is 5.75 Å². The highest BCUT2D eigenvalue weighted by molar-refractivity contribution is 5.91. The average molecular weight is 477 g/mol. The molecule has 0 bridgehead atoms. The normalized spacial score (nSPS) is 17.9. The van der Waals surface area contributed by atoms with Crippen molar-refractivity contribution in [3.05, 3.63) is 65.2 Å². The van der Waals surface area contributed by atoms with E-state index in [0.29, 0.717) is 17.2 Å². The third kappa shape index (κ3) is 9.82. The highest BCUT2D eigenvalue weighted by atomic mass is 16.5. The van der Waals surface area contributed by atoms with Gasteiger partial charge in [-0.3, -0.25) is 0 Å². The van der Waals surface area contributed by atoms with E-state index in [0.717, 1.165) is 12.3 Å². The predicted molar refractivity (Wildman–Crippen MR) is 148 cm³/mol. The van der Waals surface area contributed by atoms with Gasteiger partial charge in [-0.05, 0) is 85.8 Å². The van der Waals surface area contributed by atoms with E-state index in [1.54, 1.807) is 0 Å². The van der Waals surface area contributed by atoms with E-state index in [1.807, 2.05) is 24.3 Å². The van der Waals surface area contributed by atoms with E-state index in [1.165, 1.54) is 107 Å². The van der Waals surface area contributed by atoms with E-state index in [9.17, 15) is 4.79 Å². The van der Waals surface area contributed by atoms with Crippen LogP contribution in [0.1, 0.15) is 138 Å². The van der Waals surface area contributed by atoms with Crippen LogP contribution >= 0.6 is 0 Å². The number of hydrogen-bond acceptors (Lipinski definition) is 2. The van der Waals surface area contributed by atoms with E-state index < -0.39 is 0 Å². The third-order valence-corrected chi connectivity index (χ3v) is 7.88. The zero-order valence-corrected chi connectivity index (χ0v) is 22.4. The second-order valence-corrected chi connectivity index (χ2v) is 10.7. The first-order valence-corrected chi connectivity index (χ1v) is 14.6. The summed E-state index contributed by atoms with van der Waals surface area (Å²) in [5.41, 5.74) is 3.32. The van der Waals surface area contributed by atoms with Crippen LogP contribution in [0.25, 0.3) is 0 Å². The van der Waals surface area contributed by atoms with Crippen LogP contribution in [0, 0.1) is 5.92 Å². The van der Waals surface area contributed by atoms with Gasteiger partial charge in [-0.2, -0.15) is 0 Å². The minimum atomic E-state index is -0.271. The molecule has 1 aliphatic carbocycles. The lowest BCUT2D eigenvalue weighted by molar-refractivity contribution is 0.0734. The van der Waals surface area contributed by atoms with Gasteiger partial charge in [-0.1, -0.05) is 102 Å². The van der Waals surface area contributed by atoms with Gasteiger partial charge in [0, 0.05) is 0 Å². The van der Waals surface area contributed by atoms with Crippen molar-refractivity contribution < 1.29 is 9.53 Å². The molecule has 0 amide bonds. The van der Waals surface area contributed by atoms with Gasteiger partial charge >= 0.3 is 5.97 Å². The summed E-state index contributed by atoms with van der Waals surface area (Å²) < 4.78 is 5.66. The molecular weight excluding hydrogens is 428 g/mol. The molecule has 0 saturated heterocycles. The van der Waals surface area contributed by atoms with Gasteiger partial charge in [-0.15, -0.1) is 0 Å². The molecule has 192 valence electrons. The molecule has 2 heteroatoms. The van der Waals surface area contributed by atoms with Crippen molar-refractivity contribution in [2.24, 2.45) is 5.92 Å². The van der Waals surface area contributed by atoms with Crippen LogP contribution in [0.4, 0.5) is 0 Å². The van der Waals surface area contributed by atoms with Crippen LogP contribution in [0.2, 0.25) is 0 Å². The standard InChI is InChI=1S/C33H48O2/c1-3-5-7-9-10-12-14-28-17-21-31(22-18-28)33(34)35-32-25-23-30(24-26-32)29-19-15-27(16-20-29)13-11-8-6-4-2/h17-18,21-27,29H,3-16,19-20H2,1-2H3. The van der Waals surface area contributed by atoms with Gasteiger partial charge < -0.3 is 4.74 Å². The molecule has 1 saturated carbocycles. The maximum absolute atomic E-state index is 12.6. The number of benzene rings is 2. The van der Waals surface area contributed by atoms with Crippen LogP contribution in [-0.4, -0.2) is 5.97 Å². The number of ether oxygens (including phenoxy) is 1. The average Bonchev–Trinajstić information content (AvgIpc) is 2.90. The Bertz CT molecular complexity index is 828. The third-order valence-electron chi connectivity index (χ3n) is 7.88. The monoisotopic (exact) mass is 476 g/mol. The fraction of sp³-hybridized carbons (Fsp3) is 0.606. The lowest BCUT2D eigenvalue weighted by atomic mass is 9.77. The Hall–Kier alpha value is -2.09. The van der Waals surface area contributed by atoms with Gasteiger partial charge in [0.2, 0.25) is 0 Å². The Morgan fingerprint density at radius 3 is 1.97 bits per heavy atom. The summed E-state index contributed by atoms with van der Waals surface area (Å²) in [6.07, 6.45) is 21.2. The van der Waals surface area contributed by atoms with Crippen molar-refractivity contribution in [3.63, 3.8) is 0 Å². The molecule has 0 N–H and O–H groups in total. The van der Waals surface area contributed by atoms with E-state index in [4.69, 9.17) is 4.74 Å². The molecule has 3 rings (SSSR count). The van der Waals surface area contributed by atoms with E-state index in [2.05, 4.69) is 38.1 Å². The first-order chi connectivity index (χ1) is 17.2. The van der Waals surface area contributed by atoms with Crippen LogP contribution in [0.3, 0.4) is 0 Å². The second kappa shape index (κ2) is 15.8.